The topological polar surface area (TPSA) is 47.0 Å². The van der Waals surface area contributed by atoms with E-state index in [0.717, 1.165) is 23.6 Å². The Balaban J connectivity index is 2.19. The fourth-order valence-corrected chi connectivity index (χ4v) is 1.74. The molecule has 1 aromatic heterocycles. The van der Waals surface area contributed by atoms with Gasteiger partial charge in [0.1, 0.15) is 5.75 Å². The molecule has 0 radical (unpaired) electrons. The number of hydrogen-bond donors (Lipinski definition) is 1. The van der Waals surface area contributed by atoms with Crippen LogP contribution in [0, 0.1) is 0 Å². The number of aromatic nitrogens is 2. The number of benzene rings is 1. The molecule has 0 atom stereocenters. The standard InChI is InChI=1S/C15H19N3O/c1-4-16-15-17-10-9-14(18-15)12-5-7-13(8-6-12)19-11(2)3/h5-11H,4H2,1-3H3,(H,16,17,18). The SMILES string of the molecule is CCNc1nccc(-c2ccc(OC(C)C)cc2)n1. The molecule has 0 bridgehead atoms. The highest BCUT2D eigenvalue weighted by atomic mass is 16.5. The number of nitrogens with zero attached hydrogens (tertiary/aromatic N) is 2. The van der Waals surface area contributed by atoms with Gasteiger partial charge in [-0.05, 0) is 51.1 Å². The molecule has 1 N–H and O–H groups in total. The molecule has 4 heteroatoms. The summed E-state index contributed by atoms with van der Waals surface area (Å²) in [6, 6.07) is 9.85. The summed E-state index contributed by atoms with van der Waals surface area (Å²) < 4.78 is 5.62. The average molecular weight is 257 g/mol. The summed E-state index contributed by atoms with van der Waals surface area (Å²) in [6.07, 6.45) is 1.95. The van der Waals surface area contributed by atoms with Crippen molar-refractivity contribution in [2.24, 2.45) is 0 Å². The molecule has 4 nitrogen and oxygen atoms in total. The predicted molar refractivity (Wildman–Crippen MR) is 77.4 cm³/mol. The number of ether oxygens (including phenoxy) is 1. The lowest BCUT2D eigenvalue weighted by atomic mass is 10.1. The second-order valence-corrected chi connectivity index (χ2v) is 4.49. The Morgan fingerprint density at radius 1 is 1.16 bits per heavy atom. The van der Waals surface area contributed by atoms with Crippen LogP contribution in [0.3, 0.4) is 0 Å². The monoisotopic (exact) mass is 257 g/mol. The van der Waals surface area contributed by atoms with Crippen molar-refractivity contribution in [3.63, 3.8) is 0 Å². The summed E-state index contributed by atoms with van der Waals surface area (Å²) in [7, 11) is 0. The Morgan fingerprint density at radius 3 is 2.53 bits per heavy atom. The molecule has 0 amide bonds. The fourth-order valence-electron chi connectivity index (χ4n) is 1.74. The van der Waals surface area contributed by atoms with Crippen LogP contribution < -0.4 is 10.1 Å². The molecule has 2 aromatic rings. The lowest BCUT2D eigenvalue weighted by Gasteiger charge is -2.10. The third-order valence-electron chi connectivity index (χ3n) is 2.51. The Morgan fingerprint density at radius 2 is 1.89 bits per heavy atom. The quantitative estimate of drug-likeness (QED) is 0.892. The highest BCUT2D eigenvalue weighted by Crippen LogP contribution is 2.21. The summed E-state index contributed by atoms with van der Waals surface area (Å²) in [6.45, 7) is 6.86. The summed E-state index contributed by atoms with van der Waals surface area (Å²) in [5.41, 5.74) is 1.96. The van der Waals surface area contributed by atoms with Gasteiger partial charge in [0.05, 0.1) is 11.8 Å². The molecule has 0 aliphatic heterocycles. The molecule has 100 valence electrons. The first-order valence-electron chi connectivity index (χ1n) is 6.53. The van der Waals surface area contributed by atoms with Crippen LogP contribution in [0.5, 0.6) is 5.75 Å². The van der Waals surface area contributed by atoms with Crippen LogP contribution in [0.25, 0.3) is 11.3 Å². The molecule has 0 aliphatic carbocycles. The molecule has 0 fully saturated rings. The van der Waals surface area contributed by atoms with E-state index in [1.165, 1.54) is 0 Å². The van der Waals surface area contributed by atoms with E-state index < -0.39 is 0 Å². The van der Waals surface area contributed by atoms with E-state index in [1.807, 2.05) is 51.1 Å². The number of hydrogen-bond acceptors (Lipinski definition) is 4. The van der Waals surface area contributed by atoms with Gasteiger partial charge in [-0.15, -0.1) is 0 Å². The van der Waals surface area contributed by atoms with Crippen LogP contribution in [0.1, 0.15) is 20.8 Å². The van der Waals surface area contributed by atoms with Gasteiger partial charge in [0.2, 0.25) is 5.95 Å². The third kappa shape index (κ3) is 3.68. The third-order valence-corrected chi connectivity index (χ3v) is 2.51. The highest BCUT2D eigenvalue weighted by molar-refractivity contribution is 5.60. The number of anilines is 1. The Bertz CT molecular complexity index is 523. The summed E-state index contributed by atoms with van der Waals surface area (Å²) >= 11 is 0. The van der Waals surface area contributed by atoms with Crippen molar-refractivity contribution in [1.29, 1.82) is 0 Å². The molecule has 0 aliphatic rings. The maximum Gasteiger partial charge on any atom is 0.223 e. The lowest BCUT2D eigenvalue weighted by Crippen LogP contribution is -2.05. The maximum atomic E-state index is 5.62. The molecule has 0 saturated heterocycles. The smallest absolute Gasteiger partial charge is 0.223 e. The average Bonchev–Trinajstić information content (AvgIpc) is 2.40. The van der Waals surface area contributed by atoms with Crippen molar-refractivity contribution in [2.75, 3.05) is 11.9 Å². The van der Waals surface area contributed by atoms with Gasteiger partial charge in [-0.1, -0.05) is 0 Å². The van der Waals surface area contributed by atoms with Gasteiger partial charge in [-0.25, -0.2) is 9.97 Å². The molecule has 0 spiro atoms. The maximum absolute atomic E-state index is 5.62. The first-order valence-corrected chi connectivity index (χ1v) is 6.53. The predicted octanol–water partition coefficient (Wildman–Crippen LogP) is 3.36. The minimum atomic E-state index is 0.185. The Hall–Kier alpha value is -2.10. The minimum Gasteiger partial charge on any atom is -0.491 e. The van der Waals surface area contributed by atoms with E-state index >= 15 is 0 Å². The van der Waals surface area contributed by atoms with Gasteiger partial charge in [0.15, 0.2) is 0 Å². The van der Waals surface area contributed by atoms with Gasteiger partial charge < -0.3 is 10.1 Å². The van der Waals surface area contributed by atoms with Gasteiger partial charge in [0.25, 0.3) is 0 Å². The van der Waals surface area contributed by atoms with E-state index in [4.69, 9.17) is 4.74 Å². The van der Waals surface area contributed by atoms with E-state index in [2.05, 4.69) is 15.3 Å². The van der Waals surface area contributed by atoms with Crippen molar-refractivity contribution >= 4 is 5.95 Å². The van der Waals surface area contributed by atoms with Crippen molar-refractivity contribution < 1.29 is 4.74 Å². The molecular formula is C15H19N3O. The van der Waals surface area contributed by atoms with Crippen molar-refractivity contribution in [1.82, 2.24) is 9.97 Å². The first-order chi connectivity index (χ1) is 9.19. The molecule has 0 saturated carbocycles. The Labute approximate surface area is 113 Å². The van der Waals surface area contributed by atoms with E-state index in [0.29, 0.717) is 5.95 Å². The molecule has 2 rings (SSSR count). The van der Waals surface area contributed by atoms with E-state index in [1.54, 1.807) is 6.20 Å². The van der Waals surface area contributed by atoms with E-state index in [9.17, 15) is 0 Å². The zero-order valence-electron chi connectivity index (χ0n) is 11.6. The van der Waals surface area contributed by atoms with Crippen LogP contribution in [0.2, 0.25) is 0 Å². The van der Waals surface area contributed by atoms with Gasteiger partial charge in [0, 0.05) is 18.3 Å². The molecule has 0 unspecified atom stereocenters. The van der Waals surface area contributed by atoms with Gasteiger partial charge in [-0.2, -0.15) is 0 Å². The van der Waals surface area contributed by atoms with E-state index in [-0.39, 0.29) is 6.10 Å². The second kappa shape index (κ2) is 6.18. The van der Waals surface area contributed by atoms with Crippen LogP contribution in [0.4, 0.5) is 5.95 Å². The van der Waals surface area contributed by atoms with Crippen LogP contribution in [0.15, 0.2) is 36.5 Å². The summed E-state index contributed by atoms with van der Waals surface area (Å²) in [5.74, 6) is 1.53. The summed E-state index contributed by atoms with van der Waals surface area (Å²) in [4.78, 5) is 8.62. The largest absolute Gasteiger partial charge is 0.491 e. The minimum absolute atomic E-state index is 0.185. The molecular weight excluding hydrogens is 238 g/mol. The van der Waals surface area contributed by atoms with Crippen molar-refractivity contribution in [2.45, 2.75) is 26.9 Å². The highest BCUT2D eigenvalue weighted by Gasteiger charge is 2.03. The van der Waals surface area contributed by atoms with Crippen molar-refractivity contribution in [3.05, 3.63) is 36.5 Å². The van der Waals surface area contributed by atoms with Gasteiger partial charge in [-0.3, -0.25) is 0 Å². The second-order valence-electron chi connectivity index (χ2n) is 4.49. The zero-order chi connectivity index (χ0) is 13.7. The Kier molecular flexibility index (Phi) is 4.34. The molecule has 1 aromatic carbocycles. The van der Waals surface area contributed by atoms with Crippen LogP contribution in [-0.4, -0.2) is 22.6 Å². The fraction of sp³-hybridized carbons (Fsp3) is 0.333. The van der Waals surface area contributed by atoms with Gasteiger partial charge >= 0.3 is 0 Å². The first kappa shape index (κ1) is 13.3. The van der Waals surface area contributed by atoms with Crippen LogP contribution in [-0.2, 0) is 0 Å². The lowest BCUT2D eigenvalue weighted by molar-refractivity contribution is 0.242. The molecule has 1 heterocycles. The van der Waals surface area contributed by atoms with Crippen molar-refractivity contribution in [3.8, 4) is 17.0 Å². The van der Waals surface area contributed by atoms with Crippen LogP contribution >= 0.6 is 0 Å². The normalized spacial score (nSPS) is 10.5. The number of rotatable bonds is 5. The zero-order valence-corrected chi connectivity index (χ0v) is 11.6. The summed E-state index contributed by atoms with van der Waals surface area (Å²) in [5, 5.41) is 3.11. The molecule has 19 heavy (non-hydrogen) atoms. The number of nitrogens with one attached hydrogen (secondary N) is 1.